The molecule has 0 fully saturated rings. The van der Waals surface area contributed by atoms with Gasteiger partial charge in [0.25, 0.3) is 0 Å². The highest BCUT2D eigenvalue weighted by Crippen LogP contribution is 2.10. The SMILES string of the molecule is C=CC(=O)C(=C)C/C(=C\N)C(C)=O. The third-order valence-corrected chi connectivity index (χ3v) is 1.59. The Balaban J connectivity index is 4.44. The number of nitrogens with two attached hydrogens (primary N) is 1. The van der Waals surface area contributed by atoms with Gasteiger partial charge in [-0.2, -0.15) is 0 Å². The second kappa shape index (κ2) is 5.09. The van der Waals surface area contributed by atoms with Crippen LogP contribution in [0.5, 0.6) is 0 Å². The molecule has 0 rings (SSSR count). The molecular formula is C10H13NO2. The molecule has 3 heteroatoms. The lowest BCUT2D eigenvalue weighted by molar-refractivity contribution is -0.113. The molecule has 0 amide bonds. The summed E-state index contributed by atoms with van der Waals surface area (Å²) in [7, 11) is 0. The van der Waals surface area contributed by atoms with Gasteiger partial charge in [-0.3, -0.25) is 9.59 Å². The van der Waals surface area contributed by atoms with Crippen LogP contribution in [0.4, 0.5) is 0 Å². The maximum Gasteiger partial charge on any atom is 0.180 e. The highest BCUT2D eigenvalue weighted by atomic mass is 16.1. The summed E-state index contributed by atoms with van der Waals surface area (Å²) in [5.41, 5.74) is 5.91. The lowest BCUT2D eigenvalue weighted by Gasteiger charge is -2.02. The fourth-order valence-corrected chi connectivity index (χ4v) is 0.762. The highest BCUT2D eigenvalue weighted by molar-refractivity contribution is 6.05. The van der Waals surface area contributed by atoms with Crippen LogP contribution in [0.25, 0.3) is 0 Å². The van der Waals surface area contributed by atoms with E-state index in [1.807, 2.05) is 0 Å². The van der Waals surface area contributed by atoms with E-state index >= 15 is 0 Å². The molecule has 0 saturated heterocycles. The second-order valence-electron chi connectivity index (χ2n) is 2.60. The Labute approximate surface area is 77.6 Å². The topological polar surface area (TPSA) is 60.2 Å². The van der Waals surface area contributed by atoms with E-state index in [0.29, 0.717) is 11.1 Å². The van der Waals surface area contributed by atoms with Gasteiger partial charge in [-0.05, 0) is 18.6 Å². The quantitative estimate of drug-likeness (QED) is 0.643. The van der Waals surface area contributed by atoms with Gasteiger partial charge in [0.05, 0.1) is 0 Å². The molecule has 0 aliphatic heterocycles. The summed E-state index contributed by atoms with van der Waals surface area (Å²) in [6, 6.07) is 0. The first-order valence-corrected chi connectivity index (χ1v) is 3.79. The first-order valence-electron chi connectivity index (χ1n) is 3.79. The van der Waals surface area contributed by atoms with Gasteiger partial charge in [0.1, 0.15) is 0 Å². The van der Waals surface area contributed by atoms with Gasteiger partial charge in [0, 0.05) is 18.2 Å². The van der Waals surface area contributed by atoms with Crippen LogP contribution in [-0.4, -0.2) is 11.6 Å². The molecule has 0 aliphatic carbocycles. The fraction of sp³-hybridized carbons (Fsp3) is 0.200. The summed E-state index contributed by atoms with van der Waals surface area (Å²) in [4.78, 5) is 21.9. The van der Waals surface area contributed by atoms with Crippen LogP contribution in [-0.2, 0) is 9.59 Å². The molecule has 0 spiro atoms. The second-order valence-corrected chi connectivity index (χ2v) is 2.60. The van der Waals surface area contributed by atoms with Gasteiger partial charge in [0.2, 0.25) is 0 Å². The van der Waals surface area contributed by atoms with Crippen molar-refractivity contribution in [3.8, 4) is 0 Å². The first-order chi connectivity index (χ1) is 6.02. The Kier molecular flexibility index (Phi) is 4.44. The zero-order valence-electron chi connectivity index (χ0n) is 7.67. The van der Waals surface area contributed by atoms with Crippen molar-refractivity contribution in [1.29, 1.82) is 0 Å². The van der Waals surface area contributed by atoms with Crippen molar-refractivity contribution in [2.45, 2.75) is 13.3 Å². The molecule has 0 saturated carbocycles. The van der Waals surface area contributed by atoms with E-state index < -0.39 is 0 Å². The predicted octanol–water partition coefficient (Wildman–Crippen LogP) is 1.12. The first kappa shape index (κ1) is 11.4. The molecule has 0 unspecified atom stereocenters. The minimum Gasteiger partial charge on any atom is -0.404 e. The molecular weight excluding hydrogens is 166 g/mol. The zero-order valence-corrected chi connectivity index (χ0v) is 7.67. The molecule has 0 aromatic heterocycles. The van der Waals surface area contributed by atoms with Crippen molar-refractivity contribution in [3.05, 3.63) is 36.6 Å². The summed E-state index contributed by atoms with van der Waals surface area (Å²) in [6.07, 6.45) is 2.55. The molecule has 2 N–H and O–H groups in total. The molecule has 0 aromatic carbocycles. The monoisotopic (exact) mass is 179 g/mol. The summed E-state index contributed by atoms with van der Waals surface area (Å²) >= 11 is 0. The lowest BCUT2D eigenvalue weighted by atomic mass is 10.0. The largest absolute Gasteiger partial charge is 0.404 e. The average Bonchev–Trinajstić information content (AvgIpc) is 2.11. The number of carbonyl (C=O) groups is 2. The van der Waals surface area contributed by atoms with Crippen molar-refractivity contribution < 1.29 is 9.59 Å². The van der Waals surface area contributed by atoms with E-state index in [1.165, 1.54) is 13.1 Å². The molecule has 0 bridgehead atoms. The van der Waals surface area contributed by atoms with Gasteiger partial charge in [-0.15, -0.1) is 0 Å². The Hall–Kier alpha value is -1.64. The van der Waals surface area contributed by atoms with Crippen LogP contribution in [0.2, 0.25) is 0 Å². The van der Waals surface area contributed by atoms with E-state index in [4.69, 9.17) is 5.73 Å². The van der Waals surface area contributed by atoms with E-state index in [1.54, 1.807) is 0 Å². The molecule has 13 heavy (non-hydrogen) atoms. The number of carbonyl (C=O) groups excluding carboxylic acids is 2. The van der Waals surface area contributed by atoms with Gasteiger partial charge in [0.15, 0.2) is 11.6 Å². The van der Waals surface area contributed by atoms with Crippen molar-refractivity contribution >= 4 is 11.6 Å². The summed E-state index contributed by atoms with van der Waals surface area (Å²) in [5, 5.41) is 0. The number of hydrogen-bond donors (Lipinski definition) is 1. The fourth-order valence-electron chi connectivity index (χ4n) is 0.762. The smallest absolute Gasteiger partial charge is 0.180 e. The van der Waals surface area contributed by atoms with Crippen LogP contribution >= 0.6 is 0 Å². The van der Waals surface area contributed by atoms with Gasteiger partial charge in [-0.1, -0.05) is 13.2 Å². The van der Waals surface area contributed by atoms with Crippen molar-refractivity contribution in [2.75, 3.05) is 0 Å². The summed E-state index contributed by atoms with van der Waals surface area (Å²) in [5.74, 6) is -0.416. The summed E-state index contributed by atoms with van der Waals surface area (Å²) < 4.78 is 0. The lowest BCUT2D eigenvalue weighted by Crippen LogP contribution is -2.05. The molecule has 0 aromatic rings. The van der Waals surface area contributed by atoms with Gasteiger partial charge < -0.3 is 5.73 Å². The minimum absolute atomic E-state index is 0.152. The molecule has 0 radical (unpaired) electrons. The molecule has 70 valence electrons. The molecule has 0 heterocycles. The van der Waals surface area contributed by atoms with Crippen molar-refractivity contribution in [1.82, 2.24) is 0 Å². The Bertz CT molecular complexity index is 287. The number of ketones is 2. The van der Waals surface area contributed by atoms with Crippen LogP contribution in [0.15, 0.2) is 36.6 Å². The van der Waals surface area contributed by atoms with Gasteiger partial charge in [-0.25, -0.2) is 0 Å². The van der Waals surface area contributed by atoms with E-state index in [2.05, 4.69) is 13.2 Å². The number of hydrogen-bond acceptors (Lipinski definition) is 3. The number of rotatable bonds is 5. The summed E-state index contributed by atoms with van der Waals surface area (Å²) in [6.45, 7) is 8.23. The standard InChI is InChI=1S/C10H13NO2/c1-4-10(13)7(2)5-9(6-11)8(3)12/h4,6H,1-2,5,11H2,3H3/b9-6+. The zero-order chi connectivity index (χ0) is 10.4. The van der Waals surface area contributed by atoms with Crippen LogP contribution < -0.4 is 5.73 Å². The number of allylic oxidation sites excluding steroid dienone is 3. The van der Waals surface area contributed by atoms with Crippen LogP contribution in [0.3, 0.4) is 0 Å². The maximum absolute atomic E-state index is 11.0. The van der Waals surface area contributed by atoms with Crippen LogP contribution in [0.1, 0.15) is 13.3 Å². The van der Waals surface area contributed by atoms with E-state index in [0.717, 1.165) is 6.08 Å². The van der Waals surface area contributed by atoms with E-state index in [9.17, 15) is 9.59 Å². The van der Waals surface area contributed by atoms with Crippen molar-refractivity contribution in [2.24, 2.45) is 5.73 Å². The molecule has 0 aliphatic rings. The Morgan fingerprint density at radius 1 is 1.46 bits per heavy atom. The third-order valence-electron chi connectivity index (χ3n) is 1.59. The molecule has 3 nitrogen and oxygen atoms in total. The van der Waals surface area contributed by atoms with E-state index in [-0.39, 0.29) is 18.0 Å². The van der Waals surface area contributed by atoms with Crippen molar-refractivity contribution in [3.63, 3.8) is 0 Å². The van der Waals surface area contributed by atoms with Crippen LogP contribution in [0, 0.1) is 0 Å². The van der Waals surface area contributed by atoms with Gasteiger partial charge >= 0.3 is 0 Å². The average molecular weight is 179 g/mol. The Morgan fingerprint density at radius 2 is 2.00 bits per heavy atom. The highest BCUT2D eigenvalue weighted by Gasteiger charge is 2.08. The predicted molar refractivity (Wildman–Crippen MR) is 51.9 cm³/mol. The third kappa shape index (κ3) is 3.51. The maximum atomic E-state index is 11.0. The number of Topliss-reactive ketones (excluding diaryl/α,β-unsaturated/α-hetero) is 1. The minimum atomic E-state index is -0.263. The normalized spacial score (nSPS) is 10.7. The molecule has 0 atom stereocenters. The Morgan fingerprint density at radius 3 is 2.31 bits per heavy atom.